The number of nitrogens with two attached hydrogens (primary N) is 1. The highest BCUT2D eigenvalue weighted by atomic mass is 35.5. The maximum Gasteiger partial charge on any atom is 0.442 e. The summed E-state index contributed by atoms with van der Waals surface area (Å²) in [5.74, 6) is -0.783. The number of rotatable bonds is 14. The number of para-hydroxylation sites is 3. The number of halogens is 5. The molecular formula is C45H61Cl5N5O11P. The molecule has 67 heavy (non-hydrogen) atoms. The molecule has 4 aromatic rings. The SMILES string of the molecule is CC(C)Oc1cc(-n2nc(C(C)(C)C)oc2=O)c(Cl)cc1Cl.CC1COc2ccccc2N1C(=O)C(Cl)Cl.CCOCN(C(=O)CCl)c1c(C)cccc1CC.CP(=O)(O)CCC(N)C(=O)O. The van der Waals surface area contributed by atoms with Gasteiger partial charge in [0.05, 0.1) is 39.3 Å². The minimum absolute atomic E-state index is 0.0371. The van der Waals surface area contributed by atoms with Crippen molar-refractivity contribution in [3.05, 3.63) is 92.2 Å². The van der Waals surface area contributed by atoms with E-state index in [1.807, 2.05) is 97.9 Å². The number of hydrogen-bond donors (Lipinski definition) is 3. The second-order valence-electron chi connectivity index (χ2n) is 16.4. The third-order valence-electron chi connectivity index (χ3n) is 9.24. The third-order valence-corrected chi connectivity index (χ3v) is 11.5. The average molecular weight is 1060 g/mol. The minimum atomic E-state index is -3.10. The molecule has 1 aliphatic heterocycles. The van der Waals surface area contributed by atoms with Crippen molar-refractivity contribution in [3.63, 3.8) is 0 Å². The summed E-state index contributed by atoms with van der Waals surface area (Å²) >= 11 is 29.2. The molecule has 3 unspecified atom stereocenters. The zero-order valence-electron chi connectivity index (χ0n) is 39.2. The van der Waals surface area contributed by atoms with Crippen LogP contribution < -0.4 is 30.8 Å². The molecule has 0 bridgehead atoms. The smallest absolute Gasteiger partial charge is 0.442 e. The van der Waals surface area contributed by atoms with Crippen molar-refractivity contribution in [1.82, 2.24) is 9.78 Å². The molecule has 4 N–H and O–H groups in total. The lowest BCUT2D eigenvalue weighted by molar-refractivity contribution is -0.138. The topological polar surface area (TPSA) is 217 Å². The van der Waals surface area contributed by atoms with Crippen molar-refractivity contribution in [3.8, 4) is 17.2 Å². The van der Waals surface area contributed by atoms with Gasteiger partial charge in [0.1, 0.15) is 36.8 Å². The molecule has 0 saturated heterocycles. The number of hydrogen-bond acceptors (Lipinski definition) is 11. The number of fused-ring (bicyclic) bond motifs is 1. The van der Waals surface area contributed by atoms with Gasteiger partial charge in [-0.2, -0.15) is 4.68 Å². The van der Waals surface area contributed by atoms with Gasteiger partial charge in [0.25, 0.3) is 5.91 Å². The van der Waals surface area contributed by atoms with Crippen LogP contribution in [0.2, 0.25) is 10.0 Å². The molecule has 1 aromatic heterocycles. The number of aliphatic carboxylic acids is 1. The first kappa shape index (κ1) is 59.3. The molecule has 0 saturated carbocycles. The van der Waals surface area contributed by atoms with E-state index in [-0.39, 0.29) is 59.6 Å². The summed E-state index contributed by atoms with van der Waals surface area (Å²) in [7, 11) is -3.10. The summed E-state index contributed by atoms with van der Waals surface area (Å²) in [6.07, 6.45) is 0.806. The molecule has 0 aliphatic carbocycles. The highest BCUT2D eigenvalue weighted by Gasteiger charge is 2.32. The largest absolute Gasteiger partial charge is 0.489 e. The number of carbonyl (C=O) groups is 3. The predicted molar refractivity (Wildman–Crippen MR) is 267 cm³/mol. The van der Waals surface area contributed by atoms with Crippen molar-refractivity contribution in [2.45, 2.75) is 104 Å². The van der Waals surface area contributed by atoms with E-state index >= 15 is 0 Å². The second-order valence-corrected chi connectivity index (χ2v) is 21.1. The number of alkyl halides is 3. The Morgan fingerprint density at radius 2 is 1.69 bits per heavy atom. The Hall–Kier alpha value is -3.83. The number of carboxylic acids is 1. The highest BCUT2D eigenvalue weighted by Crippen LogP contribution is 2.37. The van der Waals surface area contributed by atoms with E-state index in [9.17, 15) is 23.7 Å². The molecule has 16 nitrogen and oxygen atoms in total. The Labute approximate surface area is 416 Å². The van der Waals surface area contributed by atoms with Crippen LogP contribution in [0.4, 0.5) is 11.4 Å². The number of anilines is 2. The molecule has 3 aromatic carbocycles. The molecule has 0 spiro atoms. The molecule has 2 heterocycles. The van der Waals surface area contributed by atoms with Crippen LogP contribution in [-0.2, 0) is 35.5 Å². The van der Waals surface area contributed by atoms with Crippen LogP contribution in [0.25, 0.3) is 5.69 Å². The zero-order chi connectivity index (χ0) is 51.0. The van der Waals surface area contributed by atoms with E-state index in [0.717, 1.165) is 33.6 Å². The normalized spacial score (nSPS) is 14.4. The lowest BCUT2D eigenvalue weighted by Crippen LogP contribution is -2.47. The van der Waals surface area contributed by atoms with Gasteiger partial charge >= 0.3 is 11.7 Å². The molecular weight excluding hydrogens is 995 g/mol. The van der Waals surface area contributed by atoms with Gasteiger partial charge in [0.2, 0.25) is 11.8 Å². The summed E-state index contributed by atoms with van der Waals surface area (Å²) < 4.78 is 33.5. The molecule has 0 fully saturated rings. The van der Waals surface area contributed by atoms with Crippen molar-refractivity contribution >= 4 is 94.5 Å². The lowest BCUT2D eigenvalue weighted by Gasteiger charge is -2.35. The van der Waals surface area contributed by atoms with Gasteiger partial charge in [0, 0.05) is 30.9 Å². The Morgan fingerprint density at radius 3 is 2.21 bits per heavy atom. The van der Waals surface area contributed by atoms with E-state index in [4.69, 9.17) is 92.4 Å². The maximum atomic E-state index is 12.1. The number of aromatic nitrogens is 2. The molecule has 372 valence electrons. The summed E-state index contributed by atoms with van der Waals surface area (Å²) in [5.41, 5.74) is 8.91. The molecule has 3 atom stereocenters. The molecule has 1 aliphatic rings. The van der Waals surface area contributed by atoms with E-state index in [1.165, 1.54) is 12.7 Å². The number of ether oxygens (including phenoxy) is 3. The van der Waals surface area contributed by atoms with E-state index in [0.29, 0.717) is 41.3 Å². The molecule has 0 radical (unpaired) electrons. The summed E-state index contributed by atoms with van der Waals surface area (Å²) in [6.45, 7) is 19.8. The first-order valence-electron chi connectivity index (χ1n) is 21.1. The maximum absolute atomic E-state index is 12.1. The first-order valence-corrected chi connectivity index (χ1v) is 25.5. The van der Waals surface area contributed by atoms with Crippen LogP contribution >= 0.6 is 65.4 Å². The summed E-state index contributed by atoms with van der Waals surface area (Å²) in [6, 6.07) is 15.4. The second kappa shape index (κ2) is 27.4. The fourth-order valence-corrected chi connectivity index (χ4v) is 7.53. The number of benzene rings is 3. The van der Waals surface area contributed by atoms with Gasteiger partial charge < -0.3 is 39.3 Å². The summed E-state index contributed by atoms with van der Waals surface area (Å²) in [4.78, 5) is 56.9. The van der Waals surface area contributed by atoms with Gasteiger partial charge in [-0.15, -0.1) is 16.7 Å². The van der Waals surface area contributed by atoms with Crippen LogP contribution in [0.1, 0.15) is 78.8 Å². The third kappa shape index (κ3) is 18.5. The van der Waals surface area contributed by atoms with Crippen molar-refractivity contribution in [1.29, 1.82) is 0 Å². The van der Waals surface area contributed by atoms with Crippen molar-refractivity contribution < 1.29 is 47.6 Å². The minimum Gasteiger partial charge on any atom is -0.489 e. The monoisotopic (exact) mass is 1050 g/mol. The fourth-order valence-electron chi connectivity index (χ4n) is 5.91. The standard InChI is InChI=1S/C15H18Cl2N2O3.C14H20ClNO2.C11H11Cl2NO2.C5H12NO4P/c1-8(2)21-12-7-11(9(16)6-10(12)17)19-14(20)22-13(18-19)15(3,4)5;1-4-12-8-6-7-11(3)14(12)16(10-18-5-2)13(17)9-15;1-7-6-16-9-5-3-2-4-8(9)14(7)11(15)10(12)13;1-11(9,10)3-2-4(6)5(7)8/h6-8H,1-5H3;6-8H,4-5,9-10H2,1-3H3;2-5,7,10H,6H2,1H3;4H,2-3,6H2,1H3,(H,7,8)(H,9,10). The van der Waals surface area contributed by atoms with Crippen LogP contribution in [0.5, 0.6) is 11.5 Å². The quantitative estimate of drug-likeness (QED) is 0.0610. The van der Waals surface area contributed by atoms with Gasteiger partial charge in [-0.05, 0) is 76.8 Å². The van der Waals surface area contributed by atoms with Gasteiger partial charge in [-0.25, -0.2) is 4.79 Å². The fraction of sp³-hybridized carbons (Fsp3) is 0.489. The van der Waals surface area contributed by atoms with Crippen LogP contribution in [0.15, 0.2) is 63.8 Å². The predicted octanol–water partition coefficient (Wildman–Crippen LogP) is 9.63. The number of carbonyl (C=O) groups excluding carboxylic acids is 2. The Bertz CT molecular complexity index is 2370. The average Bonchev–Trinajstić information content (AvgIpc) is 3.65. The van der Waals surface area contributed by atoms with E-state index < -0.39 is 30.0 Å². The van der Waals surface area contributed by atoms with Gasteiger partial charge in [-0.3, -0.25) is 23.8 Å². The first-order chi connectivity index (χ1) is 31.2. The van der Waals surface area contributed by atoms with Crippen LogP contribution in [0.3, 0.4) is 0 Å². The van der Waals surface area contributed by atoms with Gasteiger partial charge in [0.15, 0.2) is 12.2 Å². The Kier molecular flexibility index (Phi) is 24.2. The Morgan fingerprint density at radius 1 is 1.04 bits per heavy atom. The van der Waals surface area contributed by atoms with E-state index in [2.05, 4.69) is 12.0 Å². The highest BCUT2D eigenvalue weighted by molar-refractivity contribution is 7.57. The van der Waals surface area contributed by atoms with Gasteiger partial charge in [-0.1, -0.05) is 104 Å². The van der Waals surface area contributed by atoms with Crippen LogP contribution in [-0.4, -0.2) is 99.2 Å². The Balaban J connectivity index is 0.000000315. The number of nitrogens with zero attached hydrogens (tertiary/aromatic N) is 4. The van der Waals surface area contributed by atoms with Crippen molar-refractivity contribution in [2.24, 2.45) is 5.73 Å². The number of aryl methyl sites for hydroxylation is 2. The van der Waals surface area contributed by atoms with Crippen LogP contribution in [0, 0.1) is 6.92 Å². The molecule has 2 amide bonds. The molecule has 5 rings (SSSR count). The van der Waals surface area contributed by atoms with Crippen molar-refractivity contribution in [2.75, 3.05) is 48.5 Å². The molecule has 22 heteroatoms. The number of amides is 2. The summed E-state index contributed by atoms with van der Waals surface area (Å²) in [5, 5.41) is 13.2. The number of carboxylic acid groups (broad SMARTS) is 1. The van der Waals surface area contributed by atoms with E-state index in [1.54, 1.807) is 15.9 Å². The lowest BCUT2D eigenvalue weighted by atomic mass is 9.97. The zero-order valence-corrected chi connectivity index (χ0v) is 43.9.